The molecule has 0 radical (unpaired) electrons. The van der Waals surface area contributed by atoms with Crippen molar-refractivity contribution in [1.29, 1.82) is 0 Å². The van der Waals surface area contributed by atoms with Crippen LogP contribution < -0.4 is 0 Å². The molecule has 4 bridgehead atoms. The predicted molar refractivity (Wildman–Crippen MR) is 314 cm³/mol. The van der Waals surface area contributed by atoms with E-state index in [0.29, 0.717) is 17.8 Å². The van der Waals surface area contributed by atoms with Crippen LogP contribution in [0.5, 0.6) is 0 Å². The number of para-hydroxylation sites is 3. The molecule has 0 amide bonds. The SMILES string of the molecule is Cc1ccccc1-c1ccccc1C12CCCC34CC(CC5(CC(C1)c1ccccc1-c1ccccc15)C23)c1ccccc1-c1cc(-n2c3ccccc3c3cc(-c5cccc6c5oc5ccccc56)ccc32)ccc14. The highest BCUT2D eigenvalue weighted by Gasteiger charge is 2.70. The van der Waals surface area contributed by atoms with E-state index < -0.39 is 0 Å². The van der Waals surface area contributed by atoms with Gasteiger partial charge in [-0.2, -0.15) is 0 Å². The van der Waals surface area contributed by atoms with Crippen LogP contribution in [0.15, 0.2) is 229 Å². The first-order chi connectivity index (χ1) is 37.5. The summed E-state index contributed by atoms with van der Waals surface area (Å²) in [6, 6.07) is 86.9. The van der Waals surface area contributed by atoms with Crippen molar-refractivity contribution in [3.05, 3.63) is 258 Å². The molecule has 0 N–H and O–H groups in total. The number of benzene rings is 10. The second-order valence-corrected chi connectivity index (χ2v) is 23.6. The zero-order valence-electron chi connectivity index (χ0n) is 42.9. The Labute approximate surface area is 444 Å². The fourth-order valence-electron chi connectivity index (χ4n) is 18.0. The molecule has 0 aliphatic heterocycles. The summed E-state index contributed by atoms with van der Waals surface area (Å²) in [7, 11) is 0. The third-order valence-corrected chi connectivity index (χ3v) is 20.3. The smallest absolute Gasteiger partial charge is 0.143 e. The van der Waals surface area contributed by atoms with Crippen molar-refractivity contribution in [3.8, 4) is 50.2 Å². The quantitative estimate of drug-likeness (QED) is 0.172. The number of furan rings is 1. The minimum absolute atomic E-state index is 0.0780. The monoisotopic (exact) mass is 975 g/mol. The lowest BCUT2D eigenvalue weighted by Gasteiger charge is -2.70. The Morgan fingerprint density at radius 2 is 0.934 bits per heavy atom. The molecular weight excluding hydrogens is 919 g/mol. The highest BCUT2D eigenvalue weighted by molar-refractivity contribution is 6.13. The molecule has 3 saturated carbocycles. The summed E-state index contributed by atoms with van der Waals surface area (Å²) in [4.78, 5) is 0. The van der Waals surface area contributed by atoms with E-state index in [1.807, 2.05) is 0 Å². The summed E-state index contributed by atoms with van der Waals surface area (Å²) in [5.41, 5.74) is 25.4. The number of hydrogen-bond donors (Lipinski definition) is 0. The average molecular weight is 976 g/mol. The molecule has 5 aliphatic carbocycles. The van der Waals surface area contributed by atoms with E-state index in [4.69, 9.17) is 4.42 Å². The van der Waals surface area contributed by atoms with Crippen LogP contribution in [0, 0.1) is 12.8 Å². The Morgan fingerprint density at radius 1 is 0.395 bits per heavy atom. The lowest BCUT2D eigenvalue weighted by Crippen LogP contribution is -2.66. The van der Waals surface area contributed by atoms with Crippen LogP contribution in [0.2, 0.25) is 0 Å². The second-order valence-electron chi connectivity index (χ2n) is 23.6. The van der Waals surface area contributed by atoms with Crippen LogP contribution in [-0.4, -0.2) is 4.57 Å². The van der Waals surface area contributed by atoms with Crippen molar-refractivity contribution >= 4 is 43.7 Å². The normalized spacial score (nSPS) is 23.8. The van der Waals surface area contributed by atoms with E-state index >= 15 is 0 Å². The molecule has 2 heteroatoms. The van der Waals surface area contributed by atoms with Crippen LogP contribution in [0.25, 0.3) is 93.9 Å². The van der Waals surface area contributed by atoms with Gasteiger partial charge in [0, 0.05) is 49.0 Å². The van der Waals surface area contributed by atoms with Crippen LogP contribution in [0.1, 0.15) is 90.2 Å². The van der Waals surface area contributed by atoms with Gasteiger partial charge in [0.1, 0.15) is 11.2 Å². The van der Waals surface area contributed by atoms with E-state index in [1.165, 1.54) is 110 Å². The molecule has 364 valence electrons. The molecule has 2 heterocycles. The topological polar surface area (TPSA) is 18.1 Å². The highest BCUT2D eigenvalue weighted by Crippen LogP contribution is 2.77. The fourth-order valence-corrected chi connectivity index (χ4v) is 18.0. The lowest BCUT2D eigenvalue weighted by molar-refractivity contribution is -0.0728. The third-order valence-electron chi connectivity index (χ3n) is 20.3. The summed E-state index contributed by atoms with van der Waals surface area (Å²) in [6.07, 6.45) is 8.27. The minimum atomic E-state index is -0.0884. The molecule has 2 spiro atoms. The number of fused-ring (bicyclic) bond motifs is 16. The van der Waals surface area contributed by atoms with E-state index in [0.717, 1.165) is 40.3 Å². The zero-order valence-corrected chi connectivity index (χ0v) is 42.9. The Balaban J connectivity index is 0.920. The zero-order chi connectivity index (χ0) is 49.9. The Kier molecular flexibility index (Phi) is 8.89. The van der Waals surface area contributed by atoms with Gasteiger partial charge in [0.25, 0.3) is 0 Å². The van der Waals surface area contributed by atoms with E-state index in [9.17, 15) is 0 Å². The van der Waals surface area contributed by atoms with Crippen molar-refractivity contribution in [3.63, 3.8) is 0 Å². The maximum Gasteiger partial charge on any atom is 0.143 e. The van der Waals surface area contributed by atoms with Gasteiger partial charge in [-0.15, -0.1) is 0 Å². The molecule has 10 aromatic carbocycles. The van der Waals surface area contributed by atoms with Crippen molar-refractivity contribution in [2.75, 3.05) is 0 Å². The average Bonchev–Trinajstić information content (AvgIpc) is 4.10. The van der Waals surface area contributed by atoms with Gasteiger partial charge in [0.15, 0.2) is 0 Å². The van der Waals surface area contributed by atoms with E-state index in [1.54, 1.807) is 22.3 Å². The van der Waals surface area contributed by atoms with Crippen molar-refractivity contribution in [2.24, 2.45) is 5.92 Å². The Hall–Kier alpha value is -8.20. The number of rotatable bonds is 4. The van der Waals surface area contributed by atoms with Crippen LogP contribution >= 0.6 is 0 Å². The molecule has 17 rings (SSSR count). The van der Waals surface area contributed by atoms with Crippen LogP contribution in [0.3, 0.4) is 0 Å². The molecule has 12 aromatic rings. The first-order valence-corrected chi connectivity index (χ1v) is 28.0. The van der Waals surface area contributed by atoms with Crippen LogP contribution in [0.4, 0.5) is 0 Å². The maximum atomic E-state index is 6.61. The van der Waals surface area contributed by atoms with Gasteiger partial charge in [-0.05, 0) is 172 Å². The molecule has 0 saturated heterocycles. The largest absolute Gasteiger partial charge is 0.455 e. The first-order valence-electron chi connectivity index (χ1n) is 28.0. The number of nitrogens with zero attached hydrogens (tertiary/aromatic N) is 1. The standard InChI is InChI=1S/C74H57NO/c1-46-18-2-3-19-51(46)57-24-8-12-30-64(57)72-38-17-39-73-43-49(45-74(71(72)73)44-48(42-72)52-20-4-6-22-55(52)58-25-9-13-31-65(58)74)53-21-5-7-23-56(53)62-41-50(35-36-66(62)73)75-67-32-14-10-26-59(67)63-40-47(34-37-68(63)75)54-28-16-29-61-60-27-11-15-33-69(60)76-70(54)61/h2-16,18-37,40-41,48-49,71H,17,38-39,42-45H2,1H3. The maximum absolute atomic E-state index is 6.61. The van der Waals surface area contributed by atoms with Gasteiger partial charge >= 0.3 is 0 Å². The molecule has 5 aliphatic rings. The van der Waals surface area contributed by atoms with Gasteiger partial charge in [0.05, 0.1) is 11.0 Å². The molecule has 6 atom stereocenters. The highest BCUT2D eigenvalue weighted by atomic mass is 16.3. The van der Waals surface area contributed by atoms with Gasteiger partial charge in [-0.25, -0.2) is 0 Å². The van der Waals surface area contributed by atoms with E-state index in [-0.39, 0.29) is 16.2 Å². The molecule has 76 heavy (non-hydrogen) atoms. The van der Waals surface area contributed by atoms with Gasteiger partial charge in [0.2, 0.25) is 0 Å². The number of hydrogen-bond acceptors (Lipinski definition) is 1. The van der Waals surface area contributed by atoms with Crippen molar-refractivity contribution in [1.82, 2.24) is 4.57 Å². The van der Waals surface area contributed by atoms with Crippen molar-refractivity contribution in [2.45, 2.75) is 80.0 Å². The summed E-state index contributed by atoms with van der Waals surface area (Å²) in [6.45, 7) is 2.32. The molecule has 3 fully saturated rings. The Bertz CT molecular complexity index is 4410. The molecular formula is C74H57NO. The molecule has 2 aromatic heterocycles. The van der Waals surface area contributed by atoms with E-state index in [2.05, 4.69) is 236 Å². The number of aromatic nitrogens is 1. The summed E-state index contributed by atoms with van der Waals surface area (Å²) < 4.78 is 9.17. The van der Waals surface area contributed by atoms with Gasteiger partial charge in [-0.1, -0.05) is 194 Å². The van der Waals surface area contributed by atoms with Gasteiger partial charge in [-0.3, -0.25) is 0 Å². The molecule has 2 nitrogen and oxygen atoms in total. The summed E-state index contributed by atoms with van der Waals surface area (Å²) >= 11 is 0. The fraction of sp³-hybridized carbons (Fsp3) is 0.189. The third kappa shape index (κ3) is 5.67. The predicted octanol–water partition coefficient (Wildman–Crippen LogP) is 19.4. The summed E-state index contributed by atoms with van der Waals surface area (Å²) in [5, 5.41) is 4.82. The lowest BCUT2D eigenvalue weighted by atomic mass is 9.33. The first kappa shape index (κ1) is 43.1. The van der Waals surface area contributed by atoms with Gasteiger partial charge < -0.3 is 8.98 Å². The van der Waals surface area contributed by atoms with Crippen molar-refractivity contribution < 1.29 is 4.42 Å². The Morgan fingerprint density at radius 3 is 1.68 bits per heavy atom. The van der Waals surface area contributed by atoms with Crippen LogP contribution in [-0.2, 0) is 16.2 Å². The second kappa shape index (κ2) is 15.7. The number of aryl methyl sites for hydroxylation is 1. The molecule has 6 unspecified atom stereocenters. The minimum Gasteiger partial charge on any atom is -0.455 e. The summed E-state index contributed by atoms with van der Waals surface area (Å²) in [5.74, 6) is 1.21.